The number of esters is 1. The number of anilines is 1. The Kier molecular flexibility index (Phi) is 7.64. The quantitative estimate of drug-likeness (QED) is 0.350. The van der Waals surface area contributed by atoms with Crippen LogP contribution in [0.15, 0.2) is 46.7 Å². The predicted octanol–water partition coefficient (Wildman–Crippen LogP) is 3.64. The second-order valence-electron chi connectivity index (χ2n) is 7.32. The number of hydrogen-bond acceptors (Lipinski definition) is 7. The molecule has 0 aliphatic rings. The zero-order valence-electron chi connectivity index (χ0n) is 18.8. The fourth-order valence-corrected chi connectivity index (χ4v) is 3.57. The Morgan fingerprint density at radius 3 is 2.69 bits per heavy atom. The highest BCUT2D eigenvalue weighted by Crippen LogP contribution is 2.23. The minimum Gasteiger partial charge on any atom is -0.504 e. The van der Waals surface area contributed by atoms with Gasteiger partial charge in [-0.3, -0.25) is 9.69 Å². The number of rotatable bonds is 10. The van der Waals surface area contributed by atoms with E-state index in [1.54, 1.807) is 13.4 Å². The maximum Gasteiger partial charge on any atom is 0.396 e. The van der Waals surface area contributed by atoms with Crippen molar-refractivity contribution in [3.63, 3.8) is 0 Å². The minimum atomic E-state index is -0.749. The molecule has 0 aliphatic heterocycles. The first-order chi connectivity index (χ1) is 15.5. The van der Waals surface area contributed by atoms with Crippen molar-refractivity contribution in [2.45, 2.75) is 32.6 Å². The van der Waals surface area contributed by atoms with Gasteiger partial charge in [0.25, 0.3) is 0 Å². The molecule has 2 heterocycles. The molecule has 9 heteroatoms. The molecule has 0 spiro atoms. The maximum atomic E-state index is 13.1. The molecular formula is C23H28N4O5. The molecule has 2 aromatic heterocycles. The Hall–Kier alpha value is -3.62. The number of hydrogen-bond donors (Lipinski definition) is 0. The number of para-hydroxylation sites is 1. The molecule has 32 heavy (non-hydrogen) atoms. The summed E-state index contributed by atoms with van der Waals surface area (Å²) in [7, 11) is 4.80. The third-order valence-corrected chi connectivity index (χ3v) is 5.29. The third-order valence-electron chi connectivity index (χ3n) is 5.29. The Balaban J connectivity index is 1.82. The van der Waals surface area contributed by atoms with E-state index in [-0.39, 0.29) is 24.2 Å². The number of benzene rings is 1. The molecule has 0 atom stereocenters. The smallest absolute Gasteiger partial charge is 0.396 e. The number of carbonyl (C=O) groups is 2. The van der Waals surface area contributed by atoms with Crippen LogP contribution >= 0.6 is 0 Å². The largest absolute Gasteiger partial charge is 0.504 e. The second-order valence-corrected chi connectivity index (χ2v) is 7.32. The van der Waals surface area contributed by atoms with Crippen molar-refractivity contribution in [3.8, 4) is 0 Å². The highest BCUT2D eigenvalue weighted by molar-refractivity contribution is 5.92. The number of fused-ring (bicyclic) bond motifs is 1. The number of carbonyl (C=O) groups excluding carboxylic acids is 2. The highest BCUT2D eigenvalue weighted by Gasteiger charge is 2.24. The Morgan fingerprint density at radius 1 is 1.19 bits per heavy atom. The van der Waals surface area contributed by atoms with Gasteiger partial charge in [0.2, 0.25) is 5.91 Å². The van der Waals surface area contributed by atoms with E-state index in [0.29, 0.717) is 19.4 Å². The average Bonchev–Trinajstić information content (AvgIpc) is 3.42. The van der Waals surface area contributed by atoms with Gasteiger partial charge < -0.3 is 18.5 Å². The molecule has 1 amide bonds. The normalized spacial score (nSPS) is 11.6. The fraction of sp³-hybridized carbons (Fsp3) is 0.391. The lowest BCUT2D eigenvalue weighted by molar-refractivity contribution is -0.118. The first-order valence-electron chi connectivity index (χ1n) is 10.4. The SMILES string of the molecule is CC/C(=C\OC)CCC(=O)N(CCc1cn(C)c2ccccc12)c1nnc(C(=O)OC)o1. The molecule has 0 saturated carbocycles. The van der Waals surface area contributed by atoms with Gasteiger partial charge in [0.15, 0.2) is 0 Å². The molecule has 0 saturated heterocycles. The molecule has 0 aliphatic carbocycles. The molecule has 0 N–H and O–H groups in total. The van der Waals surface area contributed by atoms with Gasteiger partial charge in [-0.1, -0.05) is 35.3 Å². The van der Waals surface area contributed by atoms with Gasteiger partial charge in [-0.05, 0) is 36.5 Å². The number of aryl methyl sites for hydroxylation is 1. The lowest BCUT2D eigenvalue weighted by atomic mass is 10.1. The fourth-order valence-electron chi connectivity index (χ4n) is 3.57. The summed E-state index contributed by atoms with van der Waals surface area (Å²) in [4.78, 5) is 26.3. The Labute approximate surface area is 186 Å². The lowest BCUT2D eigenvalue weighted by Crippen LogP contribution is -2.33. The van der Waals surface area contributed by atoms with Gasteiger partial charge in [0.1, 0.15) is 0 Å². The van der Waals surface area contributed by atoms with Crippen molar-refractivity contribution < 1.29 is 23.5 Å². The van der Waals surface area contributed by atoms with Crippen LogP contribution in [0.3, 0.4) is 0 Å². The first-order valence-corrected chi connectivity index (χ1v) is 10.4. The highest BCUT2D eigenvalue weighted by atomic mass is 16.5. The van der Waals surface area contributed by atoms with Crippen LogP contribution in [0.2, 0.25) is 0 Å². The summed E-state index contributed by atoms with van der Waals surface area (Å²) in [5.74, 6) is -1.22. The summed E-state index contributed by atoms with van der Waals surface area (Å²) >= 11 is 0. The van der Waals surface area contributed by atoms with Crippen molar-refractivity contribution in [1.29, 1.82) is 0 Å². The monoisotopic (exact) mass is 440 g/mol. The first kappa shape index (κ1) is 23.1. The van der Waals surface area contributed by atoms with E-state index < -0.39 is 5.97 Å². The van der Waals surface area contributed by atoms with Crippen LogP contribution in [0.5, 0.6) is 0 Å². The van der Waals surface area contributed by atoms with Gasteiger partial charge in [-0.2, -0.15) is 0 Å². The summed E-state index contributed by atoms with van der Waals surface area (Å²) < 4.78 is 17.2. The Bertz CT molecular complexity index is 1110. The molecule has 1 aromatic carbocycles. The summed E-state index contributed by atoms with van der Waals surface area (Å²) in [6.45, 7) is 2.33. The van der Waals surface area contributed by atoms with E-state index in [1.165, 1.54) is 12.0 Å². The van der Waals surface area contributed by atoms with E-state index in [2.05, 4.69) is 37.8 Å². The van der Waals surface area contributed by atoms with E-state index in [0.717, 1.165) is 28.5 Å². The molecule has 170 valence electrons. The van der Waals surface area contributed by atoms with Gasteiger partial charge >= 0.3 is 17.9 Å². The van der Waals surface area contributed by atoms with Crippen LogP contribution in [-0.2, 0) is 27.7 Å². The zero-order valence-corrected chi connectivity index (χ0v) is 18.8. The van der Waals surface area contributed by atoms with Gasteiger partial charge in [-0.15, -0.1) is 0 Å². The van der Waals surface area contributed by atoms with Crippen LogP contribution < -0.4 is 4.90 Å². The average molecular weight is 441 g/mol. The van der Waals surface area contributed by atoms with Gasteiger partial charge in [0, 0.05) is 37.1 Å². The van der Waals surface area contributed by atoms with Crippen molar-refractivity contribution >= 4 is 28.8 Å². The predicted molar refractivity (Wildman–Crippen MR) is 119 cm³/mol. The van der Waals surface area contributed by atoms with Crippen molar-refractivity contribution in [2.75, 3.05) is 25.7 Å². The van der Waals surface area contributed by atoms with E-state index in [4.69, 9.17) is 9.15 Å². The topological polar surface area (TPSA) is 99.7 Å². The van der Waals surface area contributed by atoms with Crippen molar-refractivity contribution in [1.82, 2.24) is 14.8 Å². The number of ether oxygens (including phenoxy) is 2. The molecule has 3 rings (SSSR count). The third kappa shape index (κ3) is 5.16. The van der Waals surface area contributed by atoms with Crippen molar-refractivity contribution in [3.05, 3.63) is 53.8 Å². The summed E-state index contributed by atoms with van der Waals surface area (Å²) in [5, 5.41) is 8.76. The van der Waals surface area contributed by atoms with Crippen LogP contribution in [-0.4, -0.2) is 47.4 Å². The zero-order chi connectivity index (χ0) is 23.1. The maximum absolute atomic E-state index is 13.1. The summed E-state index contributed by atoms with van der Waals surface area (Å²) in [5.41, 5.74) is 3.24. The van der Waals surface area contributed by atoms with E-state index >= 15 is 0 Å². The standard InChI is InChI=1S/C23H28N4O5/c1-5-16(15-30-3)10-11-20(28)27(23-25-24-21(32-23)22(29)31-4)13-12-17-14-26(2)19-9-7-6-8-18(17)19/h6-9,14-15H,5,10-13H2,1-4H3/b16-15+. The van der Waals surface area contributed by atoms with Crippen LogP contribution in [0.4, 0.5) is 6.01 Å². The Morgan fingerprint density at radius 2 is 1.97 bits per heavy atom. The molecule has 0 bridgehead atoms. The number of methoxy groups -OCH3 is 2. The molecule has 9 nitrogen and oxygen atoms in total. The number of allylic oxidation sites excluding steroid dienone is 1. The molecular weight excluding hydrogens is 412 g/mol. The minimum absolute atomic E-state index is 0.0237. The molecule has 0 fully saturated rings. The van der Waals surface area contributed by atoms with Crippen LogP contribution in [0, 0.1) is 0 Å². The number of amides is 1. The van der Waals surface area contributed by atoms with E-state index in [9.17, 15) is 9.59 Å². The molecule has 3 aromatic rings. The molecule has 0 radical (unpaired) electrons. The molecule has 0 unspecified atom stereocenters. The van der Waals surface area contributed by atoms with Crippen LogP contribution in [0.25, 0.3) is 10.9 Å². The lowest BCUT2D eigenvalue weighted by Gasteiger charge is -2.18. The summed E-state index contributed by atoms with van der Waals surface area (Å²) in [6.07, 6.45) is 5.87. The van der Waals surface area contributed by atoms with Gasteiger partial charge in [0.05, 0.1) is 20.5 Å². The number of nitrogens with zero attached hydrogens (tertiary/aromatic N) is 4. The van der Waals surface area contributed by atoms with Gasteiger partial charge in [-0.25, -0.2) is 4.79 Å². The van der Waals surface area contributed by atoms with Crippen LogP contribution in [0.1, 0.15) is 42.4 Å². The van der Waals surface area contributed by atoms with Crippen molar-refractivity contribution in [2.24, 2.45) is 7.05 Å². The second kappa shape index (κ2) is 10.6. The van der Waals surface area contributed by atoms with E-state index in [1.807, 2.05) is 26.1 Å². The number of aromatic nitrogens is 3. The summed E-state index contributed by atoms with van der Waals surface area (Å²) in [6, 6.07) is 8.07.